The fourth-order valence-electron chi connectivity index (χ4n) is 2.97. The zero-order valence-corrected chi connectivity index (χ0v) is 14.1. The first-order valence-corrected chi connectivity index (χ1v) is 8.33. The molecule has 1 saturated heterocycles. The van der Waals surface area contributed by atoms with Crippen molar-refractivity contribution in [1.29, 1.82) is 0 Å². The van der Waals surface area contributed by atoms with Crippen molar-refractivity contribution in [2.75, 3.05) is 39.8 Å². The molecule has 3 rings (SSSR count). The van der Waals surface area contributed by atoms with Gasteiger partial charge in [0.2, 0.25) is 5.91 Å². The first kappa shape index (κ1) is 16.5. The van der Waals surface area contributed by atoms with E-state index in [1.807, 2.05) is 41.7 Å². The summed E-state index contributed by atoms with van der Waals surface area (Å²) in [5.41, 5.74) is 1.00. The Labute approximate surface area is 142 Å². The molecule has 1 aromatic heterocycles. The SMILES string of the molecule is COc1cccc(CC(=O)N2CCN(CCn3ccnc3)CC2)c1. The van der Waals surface area contributed by atoms with E-state index in [2.05, 4.69) is 14.5 Å². The lowest BCUT2D eigenvalue weighted by Gasteiger charge is -2.34. The predicted octanol–water partition coefficient (Wildman–Crippen LogP) is 1.28. The van der Waals surface area contributed by atoms with E-state index < -0.39 is 0 Å². The van der Waals surface area contributed by atoms with Gasteiger partial charge in [-0.3, -0.25) is 9.69 Å². The smallest absolute Gasteiger partial charge is 0.227 e. The van der Waals surface area contributed by atoms with E-state index in [1.54, 1.807) is 13.3 Å². The summed E-state index contributed by atoms with van der Waals surface area (Å²) in [5.74, 6) is 0.988. The topological polar surface area (TPSA) is 50.6 Å². The fourth-order valence-corrected chi connectivity index (χ4v) is 2.97. The van der Waals surface area contributed by atoms with Crippen LogP contribution in [0.15, 0.2) is 43.0 Å². The zero-order valence-electron chi connectivity index (χ0n) is 14.1. The summed E-state index contributed by atoms with van der Waals surface area (Å²) in [6.07, 6.45) is 6.06. The van der Waals surface area contributed by atoms with Gasteiger partial charge in [0, 0.05) is 51.7 Å². The number of nitrogens with zero attached hydrogens (tertiary/aromatic N) is 4. The highest BCUT2D eigenvalue weighted by molar-refractivity contribution is 5.79. The molecule has 0 atom stereocenters. The summed E-state index contributed by atoms with van der Waals surface area (Å²) >= 11 is 0. The molecule has 0 aliphatic carbocycles. The third kappa shape index (κ3) is 4.35. The van der Waals surface area contributed by atoms with Crippen LogP contribution in [-0.2, 0) is 17.8 Å². The number of piperazine rings is 1. The van der Waals surface area contributed by atoms with Gasteiger partial charge in [0.25, 0.3) is 0 Å². The van der Waals surface area contributed by atoms with E-state index in [9.17, 15) is 4.79 Å². The minimum absolute atomic E-state index is 0.192. The number of carbonyl (C=O) groups is 1. The highest BCUT2D eigenvalue weighted by Crippen LogP contribution is 2.14. The van der Waals surface area contributed by atoms with Crippen LogP contribution in [0.25, 0.3) is 0 Å². The molecule has 0 spiro atoms. The van der Waals surface area contributed by atoms with Crippen molar-refractivity contribution in [3.8, 4) is 5.75 Å². The van der Waals surface area contributed by atoms with Crippen LogP contribution in [0.4, 0.5) is 0 Å². The quantitative estimate of drug-likeness (QED) is 0.801. The summed E-state index contributed by atoms with van der Waals surface area (Å²) in [5, 5.41) is 0. The monoisotopic (exact) mass is 328 g/mol. The standard InChI is InChI=1S/C18H24N4O2/c1-24-17-4-2-3-16(13-17)14-18(23)22-11-9-20(10-12-22)7-8-21-6-5-19-15-21/h2-6,13,15H,7-12,14H2,1H3. The molecule has 0 unspecified atom stereocenters. The van der Waals surface area contributed by atoms with Gasteiger partial charge in [-0.15, -0.1) is 0 Å². The Hall–Kier alpha value is -2.34. The molecule has 6 heteroatoms. The minimum atomic E-state index is 0.192. The molecule has 0 radical (unpaired) electrons. The molecular formula is C18H24N4O2. The van der Waals surface area contributed by atoms with Crippen molar-refractivity contribution >= 4 is 5.91 Å². The molecule has 0 bridgehead atoms. The average molecular weight is 328 g/mol. The Morgan fingerprint density at radius 1 is 1.21 bits per heavy atom. The maximum atomic E-state index is 12.5. The normalized spacial score (nSPS) is 15.5. The molecule has 6 nitrogen and oxygen atoms in total. The van der Waals surface area contributed by atoms with Crippen LogP contribution < -0.4 is 4.74 Å². The summed E-state index contributed by atoms with van der Waals surface area (Å²) in [6, 6.07) is 7.73. The van der Waals surface area contributed by atoms with Gasteiger partial charge in [0.15, 0.2) is 0 Å². The zero-order chi connectivity index (χ0) is 16.8. The van der Waals surface area contributed by atoms with Crippen molar-refractivity contribution < 1.29 is 9.53 Å². The maximum Gasteiger partial charge on any atom is 0.227 e. The Kier molecular flexibility index (Phi) is 5.48. The summed E-state index contributed by atoms with van der Waals surface area (Å²) in [7, 11) is 1.64. The van der Waals surface area contributed by atoms with Gasteiger partial charge >= 0.3 is 0 Å². The molecule has 1 aliphatic heterocycles. The number of carbonyl (C=O) groups excluding carboxylic acids is 1. The van der Waals surface area contributed by atoms with Crippen molar-refractivity contribution in [1.82, 2.24) is 19.4 Å². The molecule has 24 heavy (non-hydrogen) atoms. The second-order valence-corrected chi connectivity index (χ2v) is 6.05. The van der Waals surface area contributed by atoms with E-state index in [0.29, 0.717) is 6.42 Å². The Balaban J connectivity index is 1.44. The molecule has 0 N–H and O–H groups in total. The van der Waals surface area contributed by atoms with Gasteiger partial charge in [-0.2, -0.15) is 0 Å². The van der Waals surface area contributed by atoms with Crippen molar-refractivity contribution in [2.24, 2.45) is 0 Å². The molecule has 1 aromatic carbocycles. The van der Waals surface area contributed by atoms with Crippen molar-refractivity contribution in [3.63, 3.8) is 0 Å². The highest BCUT2D eigenvalue weighted by Gasteiger charge is 2.21. The first-order valence-electron chi connectivity index (χ1n) is 8.33. The largest absolute Gasteiger partial charge is 0.497 e. The fraction of sp³-hybridized carbons (Fsp3) is 0.444. The molecule has 2 heterocycles. The molecular weight excluding hydrogens is 304 g/mol. The van der Waals surface area contributed by atoms with Gasteiger partial charge in [0.05, 0.1) is 19.9 Å². The number of hydrogen-bond acceptors (Lipinski definition) is 4. The third-order valence-electron chi connectivity index (χ3n) is 4.45. The van der Waals surface area contributed by atoms with Crippen LogP contribution in [0.3, 0.4) is 0 Å². The Morgan fingerprint density at radius 2 is 2.04 bits per heavy atom. The molecule has 128 valence electrons. The molecule has 0 saturated carbocycles. The number of rotatable bonds is 6. The number of benzene rings is 1. The van der Waals surface area contributed by atoms with Crippen LogP contribution in [0.1, 0.15) is 5.56 Å². The van der Waals surface area contributed by atoms with Crippen LogP contribution in [0.5, 0.6) is 5.75 Å². The van der Waals surface area contributed by atoms with E-state index in [-0.39, 0.29) is 5.91 Å². The van der Waals surface area contributed by atoms with Crippen molar-refractivity contribution in [3.05, 3.63) is 48.5 Å². The Bertz CT molecular complexity index is 649. The average Bonchev–Trinajstić information content (AvgIpc) is 3.14. The van der Waals surface area contributed by atoms with E-state index in [4.69, 9.17) is 4.74 Å². The van der Waals surface area contributed by atoms with Crippen LogP contribution in [0, 0.1) is 0 Å². The van der Waals surface area contributed by atoms with Gasteiger partial charge in [-0.25, -0.2) is 4.98 Å². The van der Waals surface area contributed by atoms with Crippen molar-refractivity contribution in [2.45, 2.75) is 13.0 Å². The molecule has 1 fully saturated rings. The lowest BCUT2D eigenvalue weighted by molar-refractivity contribution is -0.132. The van der Waals surface area contributed by atoms with Crippen LogP contribution >= 0.6 is 0 Å². The van der Waals surface area contributed by atoms with E-state index in [1.165, 1.54) is 0 Å². The molecule has 1 aliphatic rings. The summed E-state index contributed by atoms with van der Waals surface area (Å²) in [6.45, 7) is 5.39. The number of amides is 1. The molecule has 2 aromatic rings. The lowest BCUT2D eigenvalue weighted by Crippen LogP contribution is -2.49. The second kappa shape index (κ2) is 7.97. The maximum absolute atomic E-state index is 12.5. The number of methoxy groups -OCH3 is 1. The number of imidazole rings is 1. The summed E-state index contributed by atoms with van der Waals surface area (Å²) < 4.78 is 7.30. The predicted molar refractivity (Wildman–Crippen MR) is 91.9 cm³/mol. The molecule has 1 amide bonds. The number of hydrogen-bond donors (Lipinski definition) is 0. The van der Waals surface area contributed by atoms with E-state index in [0.717, 1.165) is 50.6 Å². The lowest BCUT2D eigenvalue weighted by atomic mass is 10.1. The summed E-state index contributed by atoms with van der Waals surface area (Å²) in [4.78, 5) is 20.9. The minimum Gasteiger partial charge on any atom is -0.497 e. The number of ether oxygens (including phenoxy) is 1. The van der Waals surface area contributed by atoms with Crippen LogP contribution in [0.2, 0.25) is 0 Å². The number of aromatic nitrogens is 2. The van der Waals surface area contributed by atoms with Crippen LogP contribution in [-0.4, -0.2) is 65.1 Å². The second-order valence-electron chi connectivity index (χ2n) is 6.05. The highest BCUT2D eigenvalue weighted by atomic mass is 16.5. The first-order chi connectivity index (χ1) is 11.7. The van der Waals surface area contributed by atoms with Gasteiger partial charge in [-0.05, 0) is 17.7 Å². The van der Waals surface area contributed by atoms with Gasteiger partial charge in [0.1, 0.15) is 5.75 Å². The van der Waals surface area contributed by atoms with Gasteiger partial charge < -0.3 is 14.2 Å². The van der Waals surface area contributed by atoms with Gasteiger partial charge in [-0.1, -0.05) is 12.1 Å². The third-order valence-corrected chi connectivity index (χ3v) is 4.45. The Morgan fingerprint density at radius 3 is 2.75 bits per heavy atom. The van der Waals surface area contributed by atoms with E-state index >= 15 is 0 Å².